The highest BCUT2D eigenvalue weighted by Gasteiger charge is 2.29. The molecule has 0 radical (unpaired) electrons. The highest BCUT2D eigenvalue weighted by molar-refractivity contribution is 7.92. The number of carbonyl (C=O) groups excluding carboxylic acids is 2. The summed E-state index contributed by atoms with van der Waals surface area (Å²) in [5, 5.41) is 2.96. The zero-order valence-corrected chi connectivity index (χ0v) is 23.5. The zero-order valence-electron chi connectivity index (χ0n) is 22.7. The Morgan fingerprint density at radius 1 is 1.03 bits per heavy atom. The van der Waals surface area contributed by atoms with Crippen molar-refractivity contribution in [3.63, 3.8) is 0 Å². The molecule has 8 nitrogen and oxygen atoms in total. The van der Waals surface area contributed by atoms with Crippen LogP contribution in [0.25, 0.3) is 0 Å². The van der Waals surface area contributed by atoms with Crippen LogP contribution in [0.15, 0.2) is 48.5 Å². The van der Waals surface area contributed by atoms with E-state index in [-0.39, 0.29) is 24.8 Å². The minimum Gasteiger partial charge on any atom is -0.495 e. The van der Waals surface area contributed by atoms with E-state index in [0.29, 0.717) is 37.4 Å². The maximum Gasteiger partial charge on any atom is 0.242 e. The number of ether oxygens (including phenoxy) is 1. The highest BCUT2D eigenvalue weighted by Crippen LogP contribution is 2.29. The lowest BCUT2D eigenvalue weighted by Crippen LogP contribution is -2.49. The lowest BCUT2D eigenvalue weighted by atomic mass is 10.1. The van der Waals surface area contributed by atoms with Crippen molar-refractivity contribution in [1.82, 2.24) is 10.2 Å². The Kier molecular flexibility index (Phi) is 11.9. The van der Waals surface area contributed by atoms with E-state index in [9.17, 15) is 18.0 Å². The Hall–Kier alpha value is -3.07. The number of methoxy groups -OCH3 is 1. The van der Waals surface area contributed by atoms with E-state index in [1.165, 1.54) is 11.4 Å². The molecular weight excluding hydrogens is 490 g/mol. The molecule has 0 fully saturated rings. The van der Waals surface area contributed by atoms with Crippen molar-refractivity contribution >= 4 is 27.5 Å². The van der Waals surface area contributed by atoms with Crippen LogP contribution in [0.1, 0.15) is 57.1 Å². The fraction of sp³-hybridized carbons (Fsp3) is 0.500. The van der Waals surface area contributed by atoms with Crippen LogP contribution in [0.4, 0.5) is 5.69 Å². The standard InChI is InChI=1S/C28H41N3O5S/c1-6-8-19-29-28(33)24(7-2)30(21-23-17-15-22(3)16-18-23)27(32)14-11-20-31(37(5,34)35)25-12-9-10-13-26(25)36-4/h9-10,12-13,15-18,24H,6-8,11,14,19-21H2,1-5H3,(H,29,33)/t24-/m1/s1. The van der Waals surface area contributed by atoms with Crippen molar-refractivity contribution in [2.45, 2.75) is 65.5 Å². The number of anilines is 1. The van der Waals surface area contributed by atoms with Gasteiger partial charge in [0.1, 0.15) is 11.8 Å². The minimum atomic E-state index is -3.60. The summed E-state index contributed by atoms with van der Waals surface area (Å²) in [7, 11) is -2.12. The Bertz CT molecular complexity index is 1120. The predicted octanol–water partition coefficient (Wildman–Crippen LogP) is 4.27. The Balaban J connectivity index is 2.21. The third kappa shape index (κ3) is 9.07. The summed E-state index contributed by atoms with van der Waals surface area (Å²) >= 11 is 0. The zero-order chi connectivity index (χ0) is 27.4. The molecule has 0 spiro atoms. The number of unbranched alkanes of at least 4 members (excludes halogenated alkanes) is 1. The first kappa shape index (κ1) is 30.2. The molecule has 2 aromatic rings. The van der Waals surface area contributed by atoms with E-state index in [2.05, 4.69) is 12.2 Å². The molecule has 0 saturated carbocycles. The predicted molar refractivity (Wildman–Crippen MR) is 148 cm³/mol. The topological polar surface area (TPSA) is 96.0 Å². The van der Waals surface area contributed by atoms with Crippen molar-refractivity contribution < 1.29 is 22.7 Å². The van der Waals surface area contributed by atoms with Gasteiger partial charge in [-0.15, -0.1) is 0 Å². The summed E-state index contributed by atoms with van der Waals surface area (Å²) in [5.41, 5.74) is 2.48. The van der Waals surface area contributed by atoms with Crippen molar-refractivity contribution in [2.24, 2.45) is 0 Å². The maximum absolute atomic E-state index is 13.5. The van der Waals surface area contributed by atoms with Gasteiger partial charge in [-0.25, -0.2) is 8.42 Å². The molecule has 2 rings (SSSR count). The molecule has 0 aliphatic rings. The number of para-hydroxylation sites is 2. The molecule has 0 saturated heterocycles. The van der Waals surface area contributed by atoms with Crippen molar-refractivity contribution in [3.05, 3.63) is 59.7 Å². The quantitative estimate of drug-likeness (QED) is 0.346. The molecule has 0 aromatic heterocycles. The van der Waals surface area contributed by atoms with Gasteiger partial charge < -0.3 is 15.0 Å². The van der Waals surface area contributed by atoms with Gasteiger partial charge in [-0.2, -0.15) is 0 Å². The Morgan fingerprint density at radius 3 is 2.30 bits per heavy atom. The van der Waals surface area contributed by atoms with Gasteiger partial charge in [-0.05, 0) is 43.9 Å². The SMILES string of the molecule is CCCCNC(=O)[C@@H](CC)N(Cc1ccc(C)cc1)C(=O)CCCN(c1ccccc1OC)S(C)(=O)=O. The van der Waals surface area contributed by atoms with E-state index < -0.39 is 16.1 Å². The first-order chi connectivity index (χ1) is 17.6. The van der Waals surface area contributed by atoms with E-state index in [1.54, 1.807) is 29.2 Å². The number of hydrogen-bond donors (Lipinski definition) is 1. The van der Waals surface area contributed by atoms with Gasteiger partial charge in [-0.3, -0.25) is 13.9 Å². The van der Waals surface area contributed by atoms with Gasteiger partial charge in [0.2, 0.25) is 21.8 Å². The first-order valence-corrected chi connectivity index (χ1v) is 14.7. The summed E-state index contributed by atoms with van der Waals surface area (Å²) in [6.45, 7) is 6.94. The van der Waals surface area contributed by atoms with E-state index in [4.69, 9.17) is 4.74 Å². The average molecular weight is 532 g/mol. The molecule has 0 aliphatic carbocycles. The molecule has 204 valence electrons. The molecule has 2 aromatic carbocycles. The van der Waals surface area contributed by atoms with Gasteiger partial charge in [0.15, 0.2) is 0 Å². The van der Waals surface area contributed by atoms with E-state index >= 15 is 0 Å². The van der Waals surface area contributed by atoms with Crippen LogP contribution in [0, 0.1) is 6.92 Å². The summed E-state index contributed by atoms with van der Waals surface area (Å²) in [6, 6.07) is 14.2. The van der Waals surface area contributed by atoms with Crippen LogP contribution in [0.3, 0.4) is 0 Å². The smallest absolute Gasteiger partial charge is 0.242 e. The van der Waals surface area contributed by atoms with Gasteiger partial charge in [0.05, 0.1) is 19.1 Å². The summed E-state index contributed by atoms with van der Waals surface area (Å²) in [5.74, 6) is 0.0878. The highest BCUT2D eigenvalue weighted by atomic mass is 32.2. The number of rotatable bonds is 15. The second-order valence-corrected chi connectivity index (χ2v) is 11.1. The van der Waals surface area contributed by atoms with Crippen LogP contribution in [0.5, 0.6) is 5.75 Å². The lowest BCUT2D eigenvalue weighted by molar-refractivity contribution is -0.141. The summed E-state index contributed by atoms with van der Waals surface area (Å²) < 4.78 is 31.7. The monoisotopic (exact) mass is 531 g/mol. The molecule has 0 heterocycles. The number of carbonyl (C=O) groups is 2. The molecule has 0 unspecified atom stereocenters. The molecule has 0 aliphatic heterocycles. The number of amides is 2. The normalized spacial score (nSPS) is 12.0. The molecular formula is C28H41N3O5S. The molecule has 0 bridgehead atoms. The van der Waals surface area contributed by atoms with Gasteiger partial charge in [0.25, 0.3) is 0 Å². The number of sulfonamides is 1. The van der Waals surface area contributed by atoms with Gasteiger partial charge in [0, 0.05) is 26.1 Å². The van der Waals surface area contributed by atoms with Crippen LogP contribution in [-0.4, -0.2) is 57.6 Å². The van der Waals surface area contributed by atoms with Gasteiger partial charge >= 0.3 is 0 Å². The molecule has 1 N–H and O–H groups in total. The maximum atomic E-state index is 13.5. The third-order valence-electron chi connectivity index (χ3n) is 6.20. The van der Waals surface area contributed by atoms with Crippen LogP contribution in [-0.2, 0) is 26.2 Å². The van der Waals surface area contributed by atoms with Crippen molar-refractivity contribution in [2.75, 3.05) is 30.8 Å². The fourth-order valence-corrected chi connectivity index (χ4v) is 5.10. The first-order valence-electron chi connectivity index (χ1n) is 12.9. The summed E-state index contributed by atoms with van der Waals surface area (Å²) in [4.78, 5) is 28.1. The Morgan fingerprint density at radius 2 is 1.70 bits per heavy atom. The fourth-order valence-electron chi connectivity index (χ4n) is 4.13. The van der Waals surface area contributed by atoms with Crippen molar-refractivity contribution in [1.29, 1.82) is 0 Å². The van der Waals surface area contributed by atoms with Crippen LogP contribution in [0.2, 0.25) is 0 Å². The molecule has 9 heteroatoms. The third-order valence-corrected chi connectivity index (χ3v) is 7.37. The van der Waals surface area contributed by atoms with Crippen LogP contribution >= 0.6 is 0 Å². The number of aryl methyl sites for hydroxylation is 1. The number of hydrogen-bond acceptors (Lipinski definition) is 5. The average Bonchev–Trinajstić information content (AvgIpc) is 2.87. The lowest BCUT2D eigenvalue weighted by Gasteiger charge is -2.31. The van der Waals surface area contributed by atoms with Crippen LogP contribution < -0.4 is 14.4 Å². The minimum absolute atomic E-state index is 0.103. The van der Waals surface area contributed by atoms with Crippen molar-refractivity contribution in [3.8, 4) is 5.75 Å². The number of benzene rings is 2. The molecule has 2 amide bonds. The molecule has 37 heavy (non-hydrogen) atoms. The second-order valence-electron chi connectivity index (χ2n) is 9.19. The number of nitrogens with zero attached hydrogens (tertiary/aromatic N) is 2. The van der Waals surface area contributed by atoms with E-state index in [1.807, 2.05) is 38.1 Å². The molecule has 1 atom stereocenters. The van der Waals surface area contributed by atoms with Gasteiger partial charge in [-0.1, -0.05) is 62.2 Å². The Labute approximate surface area is 222 Å². The second kappa shape index (κ2) is 14.6. The number of nitrogens with one attached hydrogen (secondary N) is 1. The van der Waals surface area contributed by atoms with E-state index in [0.717, 1.165) is 30.2 Å². The largest absolute Gasteiger partial charge is 0.495 e. The summed E-state index contributed by atoms with van der Waals surface area (Å²) in [6.07, 6.45) is 3.85.